The predicted molar refractivity (Wildman–Crippen MR) is 112 cm³/mol. The molecule has 0 bridgehead atoms. The molecule has 188 valence electrons. The zero-order chi connectivity index (χ0) is 23.8. The average Bonchev–Trinajstić information content (AvgIpc) is 2.70. The molecule has 0 saturated carbocycles. The van der Waals surface area contributed by atoms with Gasteiger partial charge in [0, 0.05) is 63.4 Å². The molecule has 0 fully saturated rings. The van der Waals surface area contributed by atoms with Crippen LogP contribution in [0.25, 0.3) is 0 Å². The van der Waals surface area contributed by atoms with Gasteiger partial charge in [0.2, 0.25) is 0 Å². The van der Waals surface area contributed by atoms with Gasteiger partial charge in [-0.1, -0.05) is 0 Å². The Morgan fingerprint density at radius 3 is 0.548 bits per heavy atom. The molecule has 0 aliphatic heterocycles. The zero-order valence-corrected chi connectivity index (χ0v) is 22.3. The topological polar surface area (TPSA) is 191 Å². The molecule has 18 nitrogen and oxygen atoms in total. The molecule has 0 amide bonds. The Hall–Kier alpha value is -0.0694. The minimum absolute atomic E-state index is 1.25. The van der Waals surface area contributed by atoms with Crippen LogP contribution in [-0.2, 0) is 40.7 Å². The Kier molecular flexibility index (Phi) is 16.5. The lowest BCUT2D eigenvalue weighted by atomic mass is 11.6. The second kappa shape index (κ2) is 16.5. The highest BCUT2D eigenvalue weighted by molar-refractivity contribution is 6.99. The Morgan fingerprint density at radius 1 is 0.323 bits per heavy atom. The van der Waals surface area contributed by atoms with Crippen LogP contribution in [0.15, 0.2) is 0 Å². The van der Waals surface area contributed by atoms with Gasteiger partial charge in [0.25, 0.3) is 0 Å². The van der Waals surface area contributed by atoms with Crippen LogP contribution in [0.1, 0.15) is 0 Å². The Balaban J connectivity index is 7.25. The highest BCUT2D eigenvalue weighted by Crippen LogP contribution is 2.42. The molecule has 0 aromatic carbocycles. The summed E-state index contributed by atoms with van der Waals surface area (Å²) in [5.41, 5.74) is 23.2. The maximum atomic E-state index is 5.80. The van der Waals surface area contributed by atoms with Crippen LogP contribution in [0.5, 0.6) is 0 Å². The number of hydrogen-bond acceptors (Lipinski definition) is 18. The molecule has 0 unspecified atom stereocenters. The Bertz CT molecular complexity index is 352. The second-order valence-corrected chi connectivity index (χ2v) is 13.9. The smallest absolute Gasteiger partial charge is 0.287 e. The van der Waals surface area contributed by atoms with Crippen LogP contribution in [0.4, 0.5) is 0 Å². The van der Waals surface area contributed by atoms with E-state index in [4.69, 9.17) is 40.7 Å². The normalized spacial score (nSPS) is 13.4. The van der Waals surface area contributed by atoms with E-state index in [0.717, 1.165) is 0 Å². The van der Waals surface area contributed by atoms with Crippen molar-refractivity contribution in [3.8, 4) is 0 Å². The lowest BCUT2D eigenvalue weighted by Crippen LogP contribution is -2.79. The summed E-state index contributed by atoms with van der Waals surface area (Å²) >= 11 is 0. The fourth-order valence-electron chi connectivity index (χ4n) is 2.65. The maximum absolute atomic E-state index is 5.80. The molecular formula is C10H37N9O9Si3. The van der Waals surface area contributed by atoms with Crippen molar-refractivity contribution in [1.82, 2.24) is 49.3 Å². The van der Waals surface area contributed by atoms with Gasteiger partial charge in [-0.15, -0.1) is 0 Å². The van der Waals surface area contributed by atoms with E-state index in [1.165, 1.54) is 63.4 Å². The molecular weight excluding hydrogens is 474 g/mol. The summed E-state index contributed by atoms with van der Waals surface area (Å²) in [5, 5.41) is 0. The summed E-state index contributed by atoms with van der Waals surface area (Å²) in [4.78, 5) is -1.25. The van der Waals surface area contributed by atoms with Crippen molar-refractivity contribution in [2.24, 2.45) is 0 Å². The van der Waals surface area contributed by atoms with Crippen LogP contribution in [0.2, 0.25) is 4.79 Å². The van der Waals surface area contributed by atoms with Crippen LogP contribution < -0.4 is 49.3 Å². The van der Waals surface area contributed by atoms with Gasteiger partial charge >= 0.3 is 26.4 Å². The molecule has 0 aromatic heterocycles. The van der Waals surface area contributed by atoms with Crippen molar-refractivity contribution in [3.63, 3.8) is 0 Å². The van der Waals surface area contributed by atoms with E-state index >= 15 is 0 Å². The third-order valence-electron chi connectivity index (χ3n) is 3.26. The van der Waals surface area contributed by atoms with Gasteiger partial charge in [-0.05, 0) is 0 Å². The fraction of sp³-hybridized carbons (Fsp3) is 1.00. The Morgan fingerprint density at radius 2 is 0.452 bits per heavy atom. The summed E-state index contributed by atoms with van der Waals surface area (Å²) in [5.74, 6) is 0. The molecule has 21 heteroatoms. The van der Waals surface area contributed by atoms with Crippen molar-refractivity contribution >= 4 is 26.4 Å². The zero-order valence-electron chi connectivity index (χ0n) is 19.3. The largest absolute Gasteiger partial charge is 0.564 e. The molecule has 0 aromatic rings. The van der Waals surface area contributed by atoms with Crippen molar-refractivity contribution in [2.75, 3.05) is 63.4 Å². The van der Waals surface area contributed by atoms with Crippen LogP contribution >= 0.6 is 0 Å². The maximum Gasteiger partial charge on any atom is 0.564 e. The third-order valence-corrected chi connectivity index (χ3v) is 16.1. The summed E-state index contributed by atoms with van der Waals surface area (Å²) in [6.45, 7) is 0. The molecule has 31 heavy (non-hydrogen) atoms. The van der Waals surface area contributed by atoms with Gasteiger partial charge in [0.05, 0.1) is 0 Å². The number of hydrogen-bond donors (Lipinski definition) is 9. The summed E-state index contributed by atoms with van der Waals surface area (Å²) in [6, 6.07) is 0. The van der Waals surface area contributed by atoms with Crippen LogP contribution in [0, 0.1) is 0 Å². The molecule has 0 radical (unpaired) electrons. The van der Waals surface area contributed by atoms with E-state index in [-0.39, 0.29) is 0 Å². The molecule has 0 saturated heterocycles. The SMILES string of the molecule is CNO[Si](ONC)(ONC)C([Si](ONC)(ONC)ONC)[Si](ONC)(ONC)ONC. The van der Waals surface area contributed by atoms with Crippen molar-refractivity contribution in [3.05, 3.63) is 0 Å². The van der Waals surface area contributed by atoms with Gasteiger partial charge in [-0.3, -0.25) is 40.7 Å². The lowest BCUT2D eigenvalue weighted by molar-refractivity contribution is -0.0726. The van der Waals surface area contributed by atoms with E-state index < -0.39 is 31.2 Å². The molecule has 9 N–H and O–H groups in total. The van der Waals surface area contributed by atoms with Crippen molar-refractivity contribution < 1.29 is 40.7 Å². The molecule has 0 aliphatic carbocycles. The highest BCUT2D eigenvalue weighted by Gasteiger charge is 2.82. The predicted octanol–water partition coefficient (Wildman–Crippen LogP) is -4.39. The fourth-order valence-corrected chi connectivity index (χ4v) is 15.0. The van der Waals surface area contributed by atoms with Gasteiger partial charge < -0.3 is 0 Å². The van der Waals surface area contributed by atoms with E-state index in [9.17, 15) is 0 Å². The number of hydroxylamine groups is 9. The number of nitrogens with one attached hydrogen (secondary N) is 9. The van der Waals surface area contributed by atoms with E-state index in [2.05, 4.69) is 49.3 Å². The third kappa shape index (κ3) is 8.03. The van der Waals surface area contributed by atoms with E-state index in [1.54, 1.807) is 0 Å². The quantitative estimate of drug-likeness (QED) is 0.0529. The van der Waals surface area contributed by atoms with Gasteiger partial charge in [0.1, 0.15) is 0 Å². The first-order chi connectivity index (χ1) is 14.9. The van der Waals surface area contributed by atoms with Crippen LogP contribution in [0.3, 0.4) is 0 Å². The number of rotatable bonds is 21. The highest BCUT2D eigenvalue weighted by atomic mass is 28.5. The van der Waals surface area contributed by atoms with Gasteiger partial charge in [-0.2, -0.15) is 0 Å². The summed E-state index contributed by atoms with van der Waals surface area (Å²) in [7, 11) is 1.24. The molecule has 0 aliphatic rings. The average molecular weight is 512 g/mol. The van der Waals surface area contributed by atoms with E-state index in [0.29, 0.717) is 0 Å². The van der Waals surface area contributed by atoms with Crippen molar-refractivity contribution in [1.29, 1.82) is 0 Å². The lowest BCUT2D eigenvalue weighted by Gasteiger charge is -2.44. The first kappa shape index (κ1) is 30.9. The monoisotopic (exact) mass is 511 g/mol. The van der Waals surface area contributed by atoms with E-state index in [1.807, 2.05) is 0 Å². The summed E-state index contributed by atoms with van der Waals surface area (Å²) < 4.78 is 52.2. The minimum Gasteiger partial charge on any atom is -0.287 e. The first-order valence-electron chi connectivity index (χ1n) is 9.04. The second-order valence-electron chi connectivity index (χ2n) is 5.00. The van der Waals surface area contributed by atoms with Crippen LogP contribution in [-0.4, -0.2) is 89.8 Å². The molecule has 0 spiro atoms. The molecule has 0 atom stereocenters. The summed E-state index contributed by atoms with van der Waals surface area (Å²) in [6.07, 6.45) is 0. The van der Waals surface area contributed by atoms with Crippen molar-refractivity contribution in [2.45, 2.75) is 4.79 Å². The minimum atomic E-state index is -4.12. The van der Waals surface area contributed by atoms with Gasteiger partial charge in [0.15, 0.2) is 4.79 Å². The molecule has 0 heterocycles. The first-order valence-corrected chi connectivity index (χ1v) is 14.4. The molecule has 0 rings (SSSR count). The Labute approximate surface area is 185 Å². The standard InChI is InChI=1S/C10H37N9O9Si3/c1-11-20-29(21-12-2,22-13-3)10(30(23-14-4,24-15-5)25-16-6)31(26-17-7,27-18-8)28-19-9/h10-19H,1-9H3. The van der Waals surface area contributed by atoms with Gasteiger partial charge in [-0.25, -0.2) is 49.3 Å².